The number of unbranched alkanes of at least 4 members (excludes halogenated alkanes) is 1. The third-order valence-electron chi connectivity index (χ3n) is 7.30. The Morgan fingerprint density at radius 1 is 1.15 bits per heavy atom. The van der Waals surface area contributed by atoms with Gasteiger partial charge in [0.2, 0.25) is 0 Å². The van der Waals surface area contributed by atoms with Gasteiger partial charge < -0.3 is 0 Å². The molecule has 0 N–H and O–H groups in total. The Kier molecular flexibility index (Phi) is 4.45. The zero-order valence-electron chi connectivity index (χ0n) is 16.1. The second kappa shape index (κ2) is 6.40. The van der Waals surface area contributed by atoms with Gasteiger partial charge in [0.05, 0.1) is 4.90 Å². The standard InChI is InChI=1S/C22H31NO2S/c1-3-4-13-21-15-16-23(17-22(21)14-7-5-6-8-20(21)22)26(24,25)19-11-9-18(2)10-12-19/h9-12,15-16,20H,3-8,13-14,17H2,1-2H3/t20-,21-,22+/m1/s1. The van der Waals surface area contributed by atoms with E-state index >= 15 is 0 Å². The van der Waals surface area contributed by atoms with Gasteiger partial charge in [-0.25, -0.2) is 8.42 Å². The van der Waals surface area contributed by atoms with Crippen LogP contribution in [0.4, 0.5) is 0 Å². The Morgan fingerprint density at radius 2 is 1.92 bits per heavy atom. The van der Waals surface area contributed by atoms with Crippen LogP contribution in [-0.4, -0.2) is 19.3 Å². The number of rotatable bonds is 5. The summed E-state index contributed by atoms with van der Waals surface area (Å²) in [6, 6.07) is 7.26. The molecule has 4 heteroatoms. The topological polar surface area (TPSA) is 37.4 Å². The number of hydrogen-bond acceptors (Lipinski definition) is 2. The van der Waals surface area contributed by atoms with Gasteiger partial charge in [-0.1, -0.05) is 62.8 Å². The summed E-state index contributed by atoms with van der Waals surface area (Å²) < 4.78 is 28.1. The van der Waals surface area contributed by atoms with Crippen molar-refractivity contribution in [2.24, 2.45) is 16.7 Å². The maximum Gasteiger partial charge on any atom is 0.263 e. The van der Waals surface area contributed by atoms with Crippen molar-refractivity contribution < 1.29 is 8.42 Å². The minimum atomic E-state index is -3.45. The van der Waals surface area contributed by atoms with Crippen LogP contribution in [0.2, 0.25) is 0 Å². The van der Waals surface area contributed by atoms with Gasteiger partial charge in [-0.15, -0.1) is 0 Å². The van der Waals surface area contributed by atoms with Crippen LogP contribution in [0, 0.1) is 23.7 Å². The Bertz CT molecular complexity index is 798. The zero-order chi connectivity index (χ0) is 18.4. The van der Waals surface area contributed by atoms with E-state index in [0.717, 1.165) is 5.56 Å². The Morgan fingerprint density at radius 3 is 2.65 bits per heavy atom. The monoisotopic (exact) mass is 373 g/mol. The normalized spacial score (nSPS) is 33.3. The molecule has 2 saturated carbocycles. The van der Waals surface area contributed by atoms with E-state index in [-0.39, 0.29) is 10.8 Å². The minimum absolute atomic E-state index is 0.186. The Hall–Kier alpha value is -1.29. The molecule has 2 aliphatic carbocycles. The smallest absolute Gasteiger partial charge is 0.263 e. The molecule has 0 amide bonds. The molecule has 1 heterocycles. The number of hydrogen-bond donors (Lipinski definition) is 0. The van der Waals surface area contributed by atoms with E-state index in [9.17, 15) is 8.42 Å². The average molecular weight is 374 g/mol. The molecule has 3 atom stereocenters. The van der Waals surface area contributed by atoms with Crippen LogP contribution in [0.3, 0.4) is 0 Å². The van der Waals surface area contributed by atoms with Gasteiger partial charge in [-0.2, -0.15) is 0 Å². The van der Waals surface area contributed by atoms with Gasteiger partial charge in [-0.05, 0) is 44.2 Å². The molecule has 3 aliphatic rings. The van der Waals surface area contributed by atoms with Crippen LogP contribution >= 0.6 is 0 Å². The first-order chi connectivity index (χ1) is 12.5. The first-order valence-electron chi connectivity index (χ1n) is 10.2. The van der Waals surface area contributed by atoms with Crippen LogP contribution in [0.25, 0.3) is 0 Å². The van der Waals surface area contributed by atoms with Crippen LogP contribution in [0.15, 0.2) is 41.4 Å². The van der Waals surface area contributed by atoms with Crippen LogP contribution < -0.4 is 0 Å². The van der Waals surface area contributed by atoms with E-state index in [1.54, 1.807) is 16.4 Å². The fourth-order valence-electron chi connectivity index (χ4n) is 5.85. The van der Waals surface area contributed by atoms with E-state index in [0.29, 0.717) is 17.4 Å². The predicted molar refractivity (Wildman–Crippen MR) is 105 cm³/mol. The van der Waals surface area contributed by atoms with E-state index in [1.165, 1.54) is 51.4 Å². The first kappa shape index (κ1) is 18.1. The molecule has 1 spiro atoms. The highest BCUT2D eigenvalue weighted by atomic mass is 32.2. The summed E-state index contributed by atoms with van der Waals surface area (Å²) >= 11 is 0. The molecule has 142 valence electrons. The lowest BCUT2D eigenvalue weighted by atomic mass is 9.82. The number of allylic oxidation sites excluding steroid dienone is 1. The van der Waals surface area contributed by atoms with Gasteiger partial charge in [0.25, 0.3) is 10.0 Å². The number of aryl methyl sites for hydroxylation is 1. The third-order valence-corrected chi connectivity index (χ3v) is 9.03. The summed E-state index contributed by atoms with van der Waals surface area (Å²) in [4.78, 5) is 0.413. The van der Waals surface area contributed by atoms with E-state index in [2.05, 4.69) is 13.0 Å². The number of nitrogens with zero attached hydrogens (tertiary/aromatic N) is 1. The molecular formula is C22H31NO2S. The van der Waals surface area contributed by atoms with Crippen molar-refractivity contribution in [3.8, 4) is 0 Å². The first-order valence-corrected chi connectivity index (χ1v) is 11.7. The Labute approximate surface area is 158 Å². The highest BCUT2D eigenvalue weighted by molar-refractivity contribution is 7.89. The van der Waals surface area contributed by atoms with Crippen molar-refractivity contribution in [1.29, 1.82) is 0 Å². The molecule has 0 saturated heterocycles. The maximum absolute atomic E-state index is 13.2. The lowest BCUT2D eigenvalue weighted by Gasteiger charge is -2.34. The van der Waals surface area contributed by atoms with Crippen LogP contribution in [0.5, 0.6) is 0 Å². The Balaban J connectivity index is 1.66. The van der Waals surface area contributed by atoms with Crippen molar-refractivity contribution in [2.75, 3.05) is 6.54 Å². The summed E-state index contributed by atoms with van der Waals surface area (Å²) in [5.74, 6) is 0.679. The third kappa shape index (κ3) is 2.56. The van der Waals surface area contributed by atoms with Crippen molar-refractivity contribution in [1.82, 2.24) is 4.31 Å². The highest BCUT2D eigenvalue weighted by Crippen LogP contribution is 2.78. The minimum Gasteiger partial charge on any atom is -0.273 e. The summed E-state index contributed by atoms with van der Waals surface area (Å²) in [6.45, 7) is 4.91. The van der Waals surface area contributed by atoms with Crippen molar-refractivity contribution in [2.45, 2.75) is 70.1 Å². The van der Waals surface area contributed by atoms with Crippen molar-refractivity contribution >= 4 is 10.0 Å². The quantitative estimate of drug-likeness (QED) is 0.705. The molecular weight excluding hydrogens is 342 g/mol. The maximum atomic E-state index is 13.2. The van der Waals surface area contributed by atoms with E-state index < -0.39 is 10.0 Å². The van der Waals surface area contributed by atoms with Gasteiger partial charge in [0.1, 0.15) is 0 Å². The molecule has 2 fully saturated rings. The van der Waals surface area contributed by atoms with Crippen molar-refractivity contribution in [3.63, 3.8) is 0 Å². The lowest BCUT2D eigenvalue weighted by Crippen LogP contribution is -2.37. The molecule has 0 radical (unpaired) electrons. The van der Waals surface area contributed by atoms with Gasteiger partial charge in [0.15, 0.2) is 0 Å². The van der Waals surface area contributed by atoms with E-state index in [4.69, 9.17) is 0 Å². The number of benzene rings is 1. The molecule has 1 aromatic rings. The predicted octanol–water partition coefficient (Wildman–Crippen LogP) is 5.27. The second-order valence-electron chi connectivity index (χ2n) is 8.63. The van der Waals surface area contributed by atoms with Gasteiger partial charge in [0, 0.05) is 23.6 Å². The largest absolute Gasteiger partial charge is 0.273 e. The van der Waals surface area contributed by atoms with Crippen LogP contribution in [0.1, 0.15) is 63.9 Å². The molecule has 0 unspecified atom stereocenters. The fourth-order valence-corrected chi connectivity index (χ4v) is 7.22. The second-order valence-corrected chi connectivity index (χ2v) is 10.5. The number of fused-ring (bicyclic) bond motifs is 1. The summed E-state index contributed by atoms with van der Waals surface area (Å²) in [7, 11) is -3.45. The molecule has 26 heavy (non-hydrogen) atoms. The average Bonchev–Trinajstić information content (AvgIpc) is 3.26. The SMILES string of the molecule is CCCC[C@]12C=CN(S(=O)(=O)c3ccc(C)cc3)C[C@]13CCCCC[C@@H]32. The molecule has 0 aromatic heterocycles. The summed E-state index contributed by atoms with van der Waals surface area (Å²) in [5, 5.41) is 0. The summed E-state index contributed by atoms with van der Waals surface area (Å²) in [6.07, 6.45) is 14.2. The molecule has 1 aromatic carbocycles. The number of sulfonamides is 1. The van der Waals surface area contributed by atoms with Crippen LogP contribution in [-0.2, 0) is 10.0 Å². The molecule has 1 aliphatic heterocycles. The summed E-state index contributed by atoms with van der Waals surface area (Å²) in [5.41, 5.74) is 1.54. The molecule has 0 bridgehead atoms. The van der Waals surface area contributed by atoms with Gasteiger partial charge in [-0.3, -0.25) is 4.31 Å². The zero-order valence-corrected chi connectivity index (χ0v) is 16.9. The highest BCUT2D eigenvalue weighted by Gasteiger charge is 2.74. The van der Waals surface area contributed by atoms with E-state index in [1.807, 2.05) is 25.3 Å². The molecule has 3 nitrogen and oxygen atoms in total. The fraction of sp³-hybridized carbons (Fsp3) is 0.636. The lowest BCUT2D eigenvalue weighted by molar-refractivity contribution is 0.265. The van der Waals surface area contributed by atoms with Gasteiger partial charge >= 0.3 is 0 Å². The molecule has 4 rings (SSSR count). The van der Waals surface area contributed by atoms with Crippen molar-refractivity contribution in [3.05, 3.63) is 42.1 Å².